The van der Waals surface area contributed by atoms with Crippen LogP contribution in [0.4, 0.5) is 0 Å². The first kappa shape index (κ1) is 11.4. The summed E-state index contributed by atoms with van der Waals surface area (Å²) < 4.78 is 0. The van der Waals surface area contributed by atoms with Gasteiger partial charge in [-0.3, -0.25) is 9.78 Å². The smallest absolute Gasteiger partial charge is 0.267 e. The Morgan fingerprint density at radius 1 is 1.44 bits per heavy atom. The van der Waals surface area contributed by atoms with Crippen molar-refractivity contribution in [3.63, 3.8) is 0 Å². The van der Waals surface area contributed by atoms with Crippen LogP contribution in [0.1, 0.15) is 36.0 Å². The van der Waals surface area contributed by atoms with Gasteiger partial charge < -0.3 is 0 Å². The number of carbonyl (C=O) groups is 1. The monoisotopic (exact) mass is 243 g/mol. The molecule has 0 radical (unpaired) electrons. The van der Waals surface area contributed by atoms with E-state index in [2.05, 4.69) is 15.5 Å². The quantitative estimate of drug-likeness (QED) is 0.653. The van der Waals surface area contributed by atoms with Crippen molar-refractivity contribution in [3.05, 3.63) is 30.1 Å². The highest BCUT2D eigenvalue weighted by Gasteiger charge is 2.38. The number of nitrogens with one attached hydrogen (secondary N) is 1. The summed E-state index contributed by atoms with van der Waals surface area (Å²) in [4.78, 5) is 15.6. The second kappa shape index (κ2) is 4.88. The lowest BCUT2D eigenvalue weighted by Gasteiger charge is -2.16. The van der Waals surface area contributed by atoms with Crippen molar-refractivity contribution in [2.24, 2.45) is 22.9 Å². The Labute approximate surface area is 107 Å². The minimum atomic E-state index is -0.192. The van der Waals surface area contributed by atoms with Gasteiger partial charge in [0.05, 0.1) is 5.56 Å². The first-order valence-electron chi connectivity index (χ1n) is 6.56. The maximum atomic E-state index is 11.7. The summed E-state index contributed by atoms with van der Waals surface area (Å²) in [6.45, 7) is 0. The lowest BCUT2D eigenvalue weighted by molar-refractivity contribution is 0.0954. The van der Waals surface area contributed by atoms with Crippen molar-refractivity contribution >= 4 is 12.1 Å². The average Bonchev–Trinajstić information content (AvgIpc) is 3.02. The Kier molecular flexibility index (Phi) is 3.09. The van der Waals surface area contributed by atoms with Crippen LogP contribution in [-0.2, 0) is 0 Å². The van der Waals surface area contributed by atoms with E-state index >= 15 is 0 Å². The second-order valence-electron chi connectivity index (χ2n) is 5.30. The van der Waals surface area contributed by atoms with Gasteiger partial charge in [0, 0.05) is 18.6 Å². The molecule has 2 fully saturated rings. The van der Waals surface area contributed by atoms with E-state index in [9.17, 15) is 4.79 Å². The average molecular weight is 243 g/mol. The summed E-state index contributed by atoms with van der Waals surface area (Å²) in [5.74, 6) is 2.08. The Balaban J connectivity index is 1.54. The topological polar surface area (TPSA) is 54.4 Å². The van der Waals surface area contributed by atoms with Crippen molar-refractivity contribution in [3.8, 4) is 0 Å². The number of aromatic nitrogens is 1. The third-order valence-electron chi connectivity index (χ3n) is 4.15. The second-order valence-corrected chi connectivity index (χ2v) is 5.30. The van der Waals surface area contributed by atoms with Gasteiger partial charge in [-0.25, -0.2) is 5.43 Å². The number of rotatable bonds is 3. The van der Waals surface area contributed by atoms with Crippen LogP contribution < -0.4 is 5.43 Å². The van der Waals surface area contributed by atoms with Gasteiger partial charge in [0.2, 0.25) is 0 Å². The number of carbonyl (C=O) groups excluding carboxylic acids is 1. The molecule has 0 aliphatic heterocycles. The minimum absolute atomic E-state index is 0.192. The number of hydrogen-bond donors (Lipinski definition) is 1. The molecule has 3 unspecified atom stereocenters. The van der Waals surface area contributed by atoms with Crippen LogP contribution in [0.15, 0.2) is 29.6 Å². The molecule has 4 nitrogen and oxygen atoms in total. The number of amides is 1. The van der Waals surface area contributed by atoms with Crippen LogP contribution in [0.2, 0.25) is 0 Å². The highest BCUT2D eigenvalue weighted by atomic mass is 16.2. The zero-order valence-corrected chi connectivity index (χ0v) is 10.2. The standard InChI is InChI=1S/C14H17N3O/c18-14(12-2-1-5-15-8-12)17-16-9-13-7-10-3-4-11(13)6-10/h1-2,5,8-11,13H,3-4,6-7H2,(H,17,18). The van der Waals surface area contributed by atoms with Crippen LogP contribution >= 0.6 is 0 Å². The molecule has 3 rings (SSSR count). The van der Waals surface area contributed by atoms with Gasteiger partial charge in [-0.15, -0.1) is 0 Å². The van der Waals surface area contributed by atoms with Crippen LogP contribution in [0.5, 0.6) is 0 Å². The van der Waals surface area contributed by atoms with Gasteiger partial charge in [0.25, 0.3) is 5.91 Å². The first-order chi connectivity index (χ1) is 8.83. The summed E-state index contributed by atoms with van der Waals surface area (Å²) in [7, 11) is 0. The van der Waals surface area contributed by atoms with E-state index in [4.69, 9.17) is 0 Å². The van der Waals surface area contributed by atoms with E-state index in [0.717, 1.165) is 11.8 Å². The number of fused-ring (bicyclic) bond motifs is 2. The van der Waals surface area contributed by atoms with Crippen molar-refractivity contribution in [2.75, 3.05) is 0 Å². The van der Waals surface area contributed by atoms with Crippen LogP contribution in [0, 0.1) is 17.8 Å². The van der Waals surface area contributed by atoms with Crippen LogP contribution in [0.25, 0.3) is 0 Å². The number of pyridine rings is 1. The fraction of sp³-hybridized carbons (Fsp3) is 0.500. The van der Waals surface area contributed by atoms with Gasteiger partial charge in [0.15, 0.2) is 0 Å². The highest BCUT2D eigenvalue weighted by molar-refractivity contribution is 5.93. The predicted octanol–water partition coefficient (Wildman–Crippen LogP) is 2.23. The Morgan fingerprint density at radius 2 is 2.39 bits per heavy atom. The maximum Gasteiger partial charge on any atom is 0.272 e. The SMILES string of the molecule is O=C(NN=CC1CC2CCC1C2)c1cccnc1. The molecule has 1 heterocycles. The van der Waals surface area contributed by atoms with Gasteiger partial charge in [-0.05, 0) is 49.1 Å². The predicted molar refractivity (Wildman–Crippen MR) is 69.1 cm³/mol. The van der Waals surface area contributed by atoms with E-state index in [1.807, 2.05) is 6.21 Å². The van der Waals surface area contributed by atoms with E-state index in [1.165, 1.54) is 25.7 Å². The number of hydrazone groups is 1. The molecule has 0 spiro atoms. The Bertz CT molecular complexity index is 457. The summed E-state index contributed by atoms with van der Waals surface area (Å²) in [6, 6.07) is 3.48. The van der Waals surface area contributed by atoms with Gasteiger partial charge in [0.1, 0.15) is 0 Å². The fourth-order valence-electron chi connectivity index (χ4n) is 3.23. The third kappa shape index (κ3) is 2.28. The molecule has 2 bridgehead atoms. The number of hydrogen-bond acceptors (Lipinski definition) is 3. The number of nitrogens with zero attached hydrogens (tertiary/aromatic N) is 2. The van der Waals surface area contributed by atoms with Gasteiger partial charge in [-0.1, -0.05) is 6.42 Å². The molecular weight excluding hydrogens is 226 g/mol. The van der Waals surface area contributed by atoms with Crippen LogP contribution in [-0.4, -0.2) is 17.1 Å². The molecule has 1 aromatic heterocycles. The van der Waals surface area contributed by atoms with Crippen molar-refractivity contribution in [1.29, 1.82) is 0 Å². The van der Waals surface area contributed by atoms with Gasteiger partial charge >= 0.3 is 0 Å². The molecule has 1 aromatic rings. The first-order valence-corrected chi connectivity index (χ1v) is 6.56. The molecule has 18 heavy (non-hydrogen) atoms. The Morgan fingerprint density at radius 3 is 3.06 bits per heavy atom. The minimum Gasteiger partial charge on any atom is -0.267 e. The molecule has 4 heteroatoms. The molecule has 3 atom stereocenters. The summed E-state index contributed by atoms with van der Waals surface area (Å²) in [6.07, 6.45) is 10.4. The van der Waals surface area contributed by atoms with E-state index < -0.39 is 0 Å². The van der Waals surface area contributed by atoms with Crippen molar-refractivity contribution in [2.45, 2.75) is 25.7 Å². The molecule has 0 saturated heterocycles. The molecule has 1 amide bonds. The molecule has 94 valence electrons. The van der Waals surface area contributed by atoms with E-state index in [1.54, 1.807) is 24.5 Å². The highest BCUT2D eigenvalue weighted by Crippen LogP contribution is 2.47. The largest absolute Gasteiger partial charge is 0.272 e. The molecule has 0 aromatic carbocycles. The third-order valence-corrected chi connectivity index (χ3v) is 4.15. The maximum absolute atomic E-state index is 11.7. The lowest BCUT2D eigenvalue weighted by atomic mass is 9.90. The summed E-state index contributed by atoms with van der Waals surface area (Å²) in [5.41, 5.74) is 3.12. The van der Waals surface area contributed by atoms with E-state index in [0.29, 0.717) is 11.5 Å². The van der Waals surface area contributed by atoms with Gasteiger partial charge in [-0.2, -0.15) is 5.10 Å². The zero-order chi connectivity index (χ0) is 12.4. The zero-order valence-electron chi connectivity index (χ0n) is 10.2. The van der Waals surface area contributed by atoms with Crippen molar-refractivity contribution in [1.82, 2.24) is 10.4 Å². The summed E-state index contributed by atoms with van der Waals surface area (Å²) >= 11 is 0. The molecule has 2 aliphatic carbocycles. The lowest BCUT2D eigenvalue weighted by Crippen LogP contribution is -2.20. The summed E-state index contributed by atoms with van der Waals surface area (Å²) in [5, 5.41) is 4.10. The fourth-order valence-corrected chi connectivity index (χ4v) is 3.23. The van der Waals surface area contributed by atoms with Crippen molar-refractivity contribution < 1.29 is 4.79 Å². The Hall–Kier alpha value is -1.71. The molecular formula is C14H17N3O. The normalized spacial score (nSPS) is 29.9. The molecule has 2 aliphatic rings. The van der Waals surface area contributed by atoms with Crippen LogP contribution in [0.3, 0.4) is 0 Å². The van der Waals surface area contributed by atoms with E-state index in [-0.39, 0.29) is 5.91 Å². The molecule has 2 saturated carbocycles. The molecule has 1 N–H and O–H groups in total.